The summed E-state index contributed by atoms with van der Waals surface area (Å²) in [7, 11) is 0. The number of benzene rings is 2. The van der Waals surface area contributed by atoms with E-state index in [0.29, 0.717) is 30.0 Å². The average Bonchev–Trinajstić information content (AvgIpc) is 2.95. The van der Waals surface area contributed by atoms with Crippen molar-refractivity contribution in [2.24, 2.45) is 0 Å². The van der Waals surface area contributed by atoms with Gasteiger partial charge >= 0.3 is 6.03 Å². The third-order valence-corrected chi connectivity index (χ3v) is 4.72. The average molecular weight is 381 g/mol. The first-order chi connectivity index (χ1) is 13.5. The Morgan fingerprint density at radius 2 is 1.75 bits per heavy atom. The zero-order chi connectivity index (χ0) is 20.1. The van der Waals surface area contributed by atoms with E-state index >= 15 is 0 Å². The number of nitrogens with zero attached hydrogens (tertiary/aromatic N) is 1. The fourth-order valence-corrected chi connectivity index (χ4v) is 3.28. The van der Waals surface area contributed by atoms with Gasteiger partial charge in [0.25, 0.3) is 5.91 Å². The zero-order valence-electron chi connectivity index (χ0n) is 15.9. The maximum Gasteiger partial charge on any atom is 0.325 e. The van der Waals surface area contributed by atoms with Crippen LogP contribution in [-0.4, -0.2) is 35.9 Å². The highest BCUT2D eigenvalue weighted by Gasteiger charge is 2.51. The molecule has 146 valence electrons. The number of carbonyl (C=O) groups is 3. The highest BCUT2D eigenvalue weighted by molar-refractivity contribution is 6.10. The van der Waals surface area contributed by atoms with Crippen molar-refractivity contribution in [3.05, 3.63) is 60.2 Å². The van der Waals surface area contributed by atoms with Gasteiger partial charge in [0.1, 0.15) is 17.8 Å². The molecule has 1 aliphatic rings. The van der Waals surface area contributed by atoms with Gasteiger partial charge in [0.05, 0.1) is 6.61 Å². The number of urea groups is 1. The van der Waals surface area contributed by atoms with Gasteiger partial charge in [-0.1, -0.05) is 37.3 Å². The Kier molecular flexibility index (Phi) is 5.63. The van der Waals surface area contributed by atoms with Crippen LogP contribution < -0.4 is 15.4 Å². The molecule has 4 amide bonds. The summed E-state index contributed by atoms with van der Waals surface area (Å²) in [6, 6.07) is 15.4. The molecule has 0 saturated carbocycles. The van der Waals surface area contributed by atoms with Crippen LogP contribution in [-0.2, 0) is 15.1 Å². The molecular formula is C21H23N3O4. The van der Waals surface area contributed by atoms with Crippen molar-refractivity contribution in [3.8, 4) is 5.75 Å². The van der Waals surface area contributed by atoms with Crippen LogP contribution in [0.4, 0.5) is 10.5 Å². The first-order valence-corrected chi connectivity index (χ1v) is 9.22. The van der Waals surface area contributed by atoms with Crippen molar-refractivity contribution >= 4 is 23.5 Å². The van der Waals surface area contributed by atoms with E-state index < -0.39 is 23.4 Å². The van der Waals surface area contributed by atoms with Crippen molar-refractivity contribution < 1.29 is 19.1 Å². The molecule has 7 heteroatoms. The Morgan fingerprint density at radius 1 is 1.07 bits per heavy atom. The molecule has 0 aliphatic carbocycles. The van der Waals surface area contributed by atoms with E-state index in [-0.39, 0.29) is 6.54 Å². The molecule has 1 atom stereocenters. The minimum atomic E-state index is -1.14. The fourth-order valence-electron chi connectivity index (χ4n) is 3.28. The molecule has 1 fully saturated rings. The van der Waals surface area contributed by atoms with E-state index in [1.54, 1.807) is 36.4 Å². The van der Waals surface area contributed by atoms with Crippen molar-refractivity contribution in [2.45, 2.75) is 25.8 Å². The van der Waals surface area contributed by atoms with Crippen molar-refractivity contribution in [3.63, 3.8) is 0 Å². The normalized spacial score (nSPS) is 18.7. The lowest BCUT2D eigenvalue weighted by molar-refractivity contribution is -0.134. The highest BCUT2D eigenvalue weighted by Crippen LogP contribution is 2.32. The summed E-state index contributed by atoms with van der Waals surface area (Å²) in [6.45, 7) is 3.92. The number of hydrogen-bond donors (Lipinski definition) is 2. The lowest BCUT2D eigenvalue weighted by atomic mass is 9.87. The Hall–Kier alpha value is -3.35. The van der Waals surface area contributed by atoms with Gasteiger partial charge < -0.3 is 15.4 Å². The summed E-state index contributed by atoms with van der Waals surface area (Å²) in [6.07, 6.45) is 0.387. The summed E-state index contributed by atoms with van der Waals surface area (Å²) < 4.78 is 5.36. The van der Waals surface area contributed by atoms with Gasteiger partial charge in [-0.3, -0.25) is 14.5 Å². The maximum absolute atomic E-state index is 13.0. The SMILES string of the molecule is CCOc1ccc(NC(=O)CN2C(=O)N[C@](CC)(c3ccccc3)C2=O)cc1. The summed E-state index contributed by atoms with van der Waals surface area (Å²) in [5, 5.41) is 5.46. The molecule has 0 bridgehead atoms. The minimum Gasteiger partial charge on any atom is -0.494 e. The lowest BCUT2D eigenvalue weighted by Crippen LogP contribution is -2.44. The molecule has 1 aliphatic heterocycles. The molecule has 28 heavy (non-hydrogen) atoms. The van der Waals surface area contributed by atoms with Gasteiger partial charge in [-0.25, -0.2) is 4.79 Å². The molecule has 0 aromatic heterocycles. The standard InChI is InChI=1S/C21H23N3O4/c1-3-21(15-8-6-5-7-9-15)19(26)24(20(27)23-21)14-18(25)22-16-10-12-17(13-11-16)28-4-2/h5-13H,3-4,14H2,1-2H3,(H,22,25)(H,23,27)/t21-/m1/s1. The van der Waals surface area contributed by atoms with Crippen molar-refractivity contribution in [2.75, 3.05) is 18.5 Å². The second kappa shape index (κ2) is 8.12. The van der Waals surface area contributed by atoms with Crippen LogP contribution >= 0.6 is 0 Å². The molecule has 2 N–H and O–H groups in total. The Labute approximate surface area is 163 Å². The molecule has 1 saturated heterocycles. The summed E-state index contributed by atoms with van der Waals surface area (Å²) in [5.74, 6) is -0.175. The lowest BCUT2D eigenvalue weighted by Gasteiger charge is -2.25. The molecule has 0 radical (unpaired) electrons. The van der Waals surface area contributed by atoms with Crippen LogP contribution in [0.5, 0.6) is 5.75 Å². The van der Waals surface area contributed by atoms with Crippen LogP contribution in [0.3, 0.4) is 0 Å². The smallest absolute Gasteiger partial charge is 0.325 e. The molecule has 0 unspecified atom stereocenters. The van der Waals surface area contributed by atoms with Crippen LogP contribution in [0.25, 0.3) is 0 Å². The maximum atomic E-state index is 13.0. The predicted octanol–water partition coefficient (Wildman–Crippen LogP) is 2.88. The predicted molar refractivity (Wildman–Crippen MR) is 105 cm³/mol. The Bertz CT molecular complexity index is 867. The van der Waals surface area contributed by atoms with E-state index in [1.807, 2.05) is 32.0 Å². The molecular weight excluding hydrogens is 358 g/mol. The van der Waals surface area contributed by atoms with Crippen molar-refractivity contribution in [1.29, 1.82) is 0 Å². The Balaban J connectivity index is 1.71. The molecule has 0 spiro atoms. The largest absolute Gasteiger partial charge is 0.494 e. The Morgan fingerprint density at radius 3 is 2.36 bits per heavy atom. The summed E-state index contributed by atoms with van der Waals surface area (Å²) in [5.41, 5.74) is 0.119. The van der Waals surface area contributed by atoms with E-state index in [4.69, 9.17) is 4.74 Å². The third kappa shape index (κ3) is 3.69. The van der Waals surface area contributed by atoms with E-state index in [2.05, 4.69) is 10.6 Å². The second-order valence-electron chi connectivity index (χ2n) is 6.45. The molecule has 2 aromatic carbocycles. The van der Waals surface area contributed by atoms with E-state index in [0.717, 1.165) is 4.90 Å². The van der Waals surface area contributed by atoms with Gasteiger partial charge in [-0.15, -0.1) is 0 Å². The number of ether oxygens (including phenoxy) is 1. The van der Waals surface area contributed by atoms with Crippen LogP contribution in [0.15, 0.2) is 54.6 Å². The third-order valence-electron chi connectivity index (χ3n) is 4.72. The minimum absolute atomic E-state index is 0.355. The number of imide groups is 1. The first-order valence-electron chi connectivity index (χ1n) is 9.22. The van der Waals surface area contributed by atoms with Gasteiger partial charge in [0.2, 0.25) is 5.91 Å². The monoisotopic (exact) mass is 381 g/mol. The number of carbonyl (C=O) groups excluding carboxylic acids is 3. The van der Waals surface area contributed by atoms with Crippen LogP contribution in [0.2, 0.25) is 0 Å². The van der Waals surface area contributed by atoms with Gasteiger partial charge in [0, 0.05) is 5.69 Å². The van der Waals surface area contributed by atoms with Crippen LogP contribution in [0.1, 0.15) is 25.8 Å². The summed E-state index contributed by atoms with van der Waals surface area (Å²) >= 11 is 0. The van der Waals surface area contributed by atoms with Crippen molar-refractivity contribution in [1.82, 2.24) is 10.2 Å². The van der Waals surface area contributed by atoms with E-state index in [1.165, 1.54) is 0 Å². The summed E-state index contributed by atoms with van der Waals surface area (Å²) in [4.78, 5) is 38.8. The molecule has 2 aromatic rings. The van der Waals surface area contributed by atoms with Gasteiger partial charge in [0.15, 0.2) is 0 Å². The molecule has 7 nitrogen and oxygen atoms in total. The quantitative estimate of drug-likeness (QED) is 0.722. The van der Waals surface area contributed by atoms with Crippen LogP contribution in [0, 0.1) is 0 Å². The highest BCUT2D eigenvalue weighted by atomic mass is 16.5. The second-order valence-corrected chi connectivity index (χ2v) is 6.45. The number of nitrogens with one attached hydrogen (secondary N) is 2. The van der Waals surface area contributed by atoms with E-state index in [9.17, 15) is 14.4 Å². The fraction of sp³-hybridized carbons (Fsp3) is 0.286. The molecule has 1 heterocycles. The number of rotatable bonds is 7. The number of amides is 4. The topological polar surface area (TPSA) is 87.7 Å². The number of hydrogen-bond acceptors (Lipinski definition) is 4. The van der Waals surface area contributed by atoms with Gasteiger partial charge in [-0.2, -0.15) is 0 Å². The van der Waals surface area contributed by atoms with Gasteiger partial charge in [-0.05, 0) is 43.2 Å². The first kappa shape index (κ1) is 19.4. The number of anilines is 1. The molecule has 3 rings (SSSR count). The zero-order valence-corrected chi connectivity index (χ0v) is 15.9.